The Hall–Kier alpha value is -1.65. The highest BCUT2D eigenvalue weighted by Crippen LogP contribution is 2.16. The molecule has 0 spiro atoms. The van der Waals surface area contributed by atoms with Gasteiger partial charge in [0.1, 0.15) is 0 Å². The second kappa shape index (κ2) is 5.12. The zero-order chi connectivity index (χ0) is 12.3. The summed E-state index contributed by atoms with van der Waals surface area (Å²) in [5.74, 6) is -0.361. The highest BCUT2D eigenvalue weighted by molar-refractivity contribution is 5.78. The Morgan fingerprint density at radius 1 is 1.29 bits per heavy atom. The summed E-state index contributed by atoms with van der Waals surface area (Å²) in [6, 6.07) is 8.84. The summed E-state index contributed by atoms with van der Waals surface area (Å²) >= 11 is 0. The van der Waals surface area contributed by atoms with Crippen LogP contribution in [0.2, 0.25) is 0 Å². The Labute approximate surface area is 99.8 Å². The topological polar surface area (TPSA) is 60.8 Å². The van der Waals surface area contributed by atoms with Crippen LogP contribution in [0.1, 0.15) is 12.0 Å². The van der Waals surface area contributed by atoms with Gasteiger partial charge in [-0.15, -0.1) is 0 Å². The zero-order valence-corrected chi connectivity index (χ0v) is 9.36. The minimum Gasteiger partial charge on any atom is -0.389 e. The van der Waals surface area contributed by atoms with Crippen LogP contribution in [-0.4, -0.2) is 33.4 Å². The maximum Gasteiger partial charge on any atom is 0.250 e. The van der Waals surface area contributed by atoms with Gasteiger partial charge in [-0.25, -0.2) is 5.06 Å². The number of rotatable bonds is 3. The number of benzene rings is 1. The molecular formula is C13H15NO3. The Kier molecular flexibility index (Phi) is 3.56. The molecule has 0 unspecified atom stereocenters. The molecule has 4 heteroatoms. The summed E-state index contributed by atoms with van der Waals surface area (Å²) in [6.45, 7) is 0. The lowest BCUT2D eigenvalue weighted by molar-refractivity contribution is -0.171. The van der Waals surface area contributed by atoms with E-state index in [1.54, 1.807) is 12.2 Å². The van der Waals surface area contributed by atoms with E-state index in [1.165, 1.54) is 0 Å². The number of hydrogen-bond acceptors (Lipinski definition) is 3. The molecule has 0 radical (unpaired) electrons. The lowest BCUT2D eigenvalue weighted by Gasteiger charge is -2.21. The molecule has 0 saturated heterocycles. The molecule has 0 heterocycles. The minimum absolute atomic E-state index is 0.164. The molecule has 0 saturated carbocycles. The third kappa shape index (κ3) is 2.93. The van der Waals surface area contributed by atoms with Gasteiger partial charge in [0.25, 0.3) is 5.91 Å². The largest absolute Gasteiger partial charge is 0.389 e. The maximum atomic E-state index is 11.8. The second-order valence-electron chi connectivity index (χ2n) is 4.16. The van der Waals surface area contributed by atoms with Crippen molar-refractivity contribution in [2.45, 2.75) is 25.0 Å². The summed E-state index contributed by atoms with van der Waals surface area (Å²) in [7, 11) is 0. The first-order valence-corrected chi connectivity index (χ1v) is 5.58. The molecule has 0 fully saturated rings. The summed E-state index contributed by atoms with van der Waals surface area (Å²) in [6.07, 6.45) is 3.19. The molecule has 1 aromatic carbocycles. The average Bonchev–Trinajstić information content (AvgIpc) is 2.76. The summed E-state index contributed by atoms with van der Waals surface area (Å²) in [4.78, 5) is 11.8. The summed E-state index contributed by atoms with van der Waals surface area (Å²) < 4.78 is 0. The number of amides is 1. The number of carbonyl (C=O) groups excluding carboxylic acids is 1. The molecule has 90 valence electrons. The van der Waals surface area contributed by atoms with Crippen molar-refractivity contribution in [1.82, 2.24) is 5.06 Å². The van der Waals surface area contributed by atoms with Crippen LogP contribution in [0.15, 0.2) is 42.5 Å². The van der Waals surface area contributed by atoms with Crippen molar-refractivity contribution in [2.75, 3.05) is 0 Å². The van der Waals surface area contributed by atoms with Gasteiger partial charge in [-0.2, -0.15) is 0 Å². The smallest absolute Gasteiger partial charge is 0.250 e. The molecule has 0 aliphatic heterocycles. The predicted molar refractivity (Wildman–Crippen MR) is 62.3 cm³/mol. The van der Waals surface area contributed by atoms with Crippen molar-refractivity contribution < 1.29 is 15.1 Å². The SMILES string of the molecule is O=C(Cc1ccccc1)N(O)[C@H]1C=C[C@@H](O)C1. The molecule has 2 N–H and O–H groups in total. The Bertz CT molecular complexity index is 416. The highest BCUT2D eigenvalue weighted by atomic mass is 16.5. The molecule has 1 aliphatic carbocycles. The number of hydrogen-bond donors (Lipinski definition) is 2. The Balaban J connectivity index is 1.94. The molecular weight excluding hydrogens is 218 g/mol. The number of nitrogens with zero attached hydrogens (tertiary/aromatic N) is 1. The van der Waals surface area contributed by atoms with Gasteiger partial charge in [0.15, 0.2) is 0 Å². The third-order valence-corrected chi connectivity index (χ3v) is 2.81. The fourth-order valence-electron chi connectivity index (χ4n) is 1.88. The van der Waals surface area contributed by atoms with E-state index in [1.807, 2.05) is 30.3 Å². The zero-order valence-electron chi connectivity index (χ0n) is 9.36. The van der Waals surface area contributed by atoms with Gasteiger partial charge in [-0.3, -0.25) is 10.0 Å². The van der Waals surface area contributed by atoms with Crippen molar-refractivity contribution in [3.8, 4) is 0 Å². The molecule has 4 nitrogen and oxygen atoms in total. The maximum absolute atomic E-state index is 11.8. The highest BCUT2D eigenvalue weighted by Gasteiger charge is 2.25. The van der Waals surface area contributed by atoms with Crippen molar-refractivity contribution in [3.63, 3.8) is 0 Å². The molecule has 2 atom stereocenters. The van der Waals surface area contributed by atoms with Gasteiger partial charge in [-0.05, 0) is 5.56 Å². The van der Waals surface area contributed by atoms with Crippen molar-refractivity contribution in [3.05, 3.63) is 48.0 Å². The molecule has 1 aliphatic rings. The van der Waals surface area contributed by atoms with Gasteiger partial charge in [0, 0.05) is 6.42 Å². The van der Waals surface area contributed by atoms with E-state index in [2.05, 4.69) is 0 Å². The number of hydroxylamine groups is 2. The Morgan fingerprint density at radius 3 is 2.59 bits per heavy atom. The first-order valence-electron chi connectivity index (χ1n) is 5.58. The standard InChI is InChI=1S/C13H15NO3/c15-12-7-6-11(9-12)14(17)13(16)8-10-4-2-1-3-5-10/h1-7,11-12,15,17H,8-9H2/t11-,12+/m0/s1. The fourth-order valence-corrected chi connectivity index (χ4v) is 1.88. The predicted octanol–water partition coefficient (Wildman–Crippen LogP) is 1.14. The Morgan fingerprint density at radius 2 is 2.00 bits per heavy atom. The first-order chi connectivity index (χ1) is 8.16. The molecule has 1 amide bonds. The van der Waals surface area contributed by atoms with Crippen LogP contribution in [0.5, 0.6) is 0 Å². The van der Waals surface area contributed by atoms with E-state index in [9.17, 15) is 15.1 Å². The van der Waals surface area contributed by atoms with Crippen LogP contribution >= 0.6 is 0 Å². The number of carbonyl (C=O) groups is 1. The summed E-state index contributed by atoms with van der Waals surface area (Å²) in [5, 5.41) is 19.7. The van der Waals surface area contributed by atoms with Crippen molar-refractivity contribution in [2.24, 2.45) is 0 Å². The van der Waals surface area contributed by atoms with E-state index in [0.29, 0.717) is 11.5 Å². The number of aliphatic hydroxyl groups excluding tert-OH is 1. The fraction of sp³-hybridized carbons (Fsp3) is 0.308. The molecule has 1 aromatic rings. The molecule has 0 aromatic heterocycles. The normalized spacial score (nSPS) is 22.7. The van der Waals surface area contributed by atoms with E-state index >= 15 is 0 Å². The van der Waals surface area contributed by atoms with Crippen LogP contribution in [0, 0.1) is 0 Å². The van der Waals surface area contributed by atoms with Gasteiger partial charge < -0.3 is 5.11 Å². The van der Waals surface area contributed by atoms with Crippen LogP contribution < -0.4 is 0 Å². The van der Waals surface area contributed by atoms with Gasteiger partial charge in [0.2, 0.25) is 0 Å². The second-order valence-corrected chi connectivity index (χ2v) is 4.16. The van der Waals surface area contributed by atoms with Gasteiger partial charge >= 0.3 is 0 Å². The van der Waals surface area contributed by atoms with E-state index in [0.717, 1.165) is 5.56 Å². The van der Waals surface area contributed by atoms with Crippen molar-refractivity contribution >= 4 is 5.91 Å². The van der Waals surface area contributed by atoms with Crippen LogP contribution in [0.3, 0.4) is 0 Å². The average molecular weight is 233 g/mol. The van der Waals surface area contributed by atoms with Gasteiger partial charge in [0.05, 0.1) is 18.6 Å². The van der Waals surface area contributed by atoms with E-state index < -0.39 is 12.1 Å². The van der Waals surface area contributed by atoms with Gasteiger partial charge in [-0.1, -0.05) is 42.5 Å². The lowest BCUT2D eigenvalue weighted by atomic mass is 10.1. The molecule has 0 bridgehead atoms. The minimum atomic E-state index is -0.570. The molecule has 17 heavy (non-hydrogen) atoms. The monoisotopic (exact) mass is 233 g/mol. The quantitative estimate of drug-likeness (QED) is 0.467. The van der Waals surface area contributed by atoms with E-state index in [4.69, 9.17) is 0 Å². The number of aliphatic hydroxyl groups is 1. The first kappa shape index (κ1) is 11.8. The van der Waals surface area contributed by atoms with E-state index in [-0.39, 0.29) is 12.3 Å². The van der Waals surface area contributed by atoms with Crippen LogP contribution in [0.25, 0.3) is 0 Å². The third-order valence-electron chi connectivity index (χ3n) is 2.81. The summed E-state index contributed by atoms with van der Waals surface area (Å²) in [5.41, 5.74) is 0.860. The van der Waals surface area contributed by atoms with Crippen LogP contribution in [-0.2, 0) is 11.2 Å². The lowest BCUT2D eigenvalue weighted by Crippen LogP contribution is -2.37. The van der Waals surface area contributed by atoms with Crippen molar-refractivity contribution in [1.29, 1.82) is 0 Å². The van der Waals surface area contributed by atoms with Crippen LogP contribution in [0.4, 0.5) is 0 Å². The molecule has 2 rings (SSSR count).